The second kappa shape index (κ2) is 8.82. The molecule has 29 heavy (non-hydrogen) atoms. The highest BCUT2D eigenvalue weighted by molar-refractivity contribution is 8.15. The Kier molecular flexibility index (Phi) is 6.42. The molecule has 1 atom stereocenters. The quantitative estimate of drug-likeness (QED) is 0.774. The van der Waals surface area contributed by atoms with E-state index in [-0.39, 0.29) is 18.2 Å². The maximum Gasteiger partial charge on any atom is 0.242 e. The molecule has 0 unspecified atom stereocenters. The van der Waals surface area contributed by atoms with Crippen LogP contribution in [0, 0.1) is 20.8 Å². The summed E-state index contributed by atoms with van der Waals surface area (Å²) in [4.78, 5) is 31.4. The molecule has 1 aliphatic rings. The number of thioether (sulfide) groups is 1. The largest absolute Gasteiger partial charge is 0.326 e. The van der Waals surface area contributed by atoms with Crippen molar-refractivity contribution in [3.8, 4) is 0 Å². The molecule has 152 valence electrons. The van der Waals surface area contributed by atoms with Gasteiger partial charge < -0.3 is 5.32 Å². The highest BCUT2D eigenvalue weighted by atomic mass is 32.2. The van der Waals surface area contributed by atoms with E-state index in [0.717, 1.165) is 34.5 Å². The molecular formula is C23H27N3O2S. The summed E-state index contributed by atoms with van der Waals surface area (Å²) in [5.74, 6) is -0.251. The van der Waals surface area contributed by atoms with Crippen molar-refractivity contribution in [2.24, 2.45) is 4.99 Å². The maximum atomic E-state index is 12.6. The standard InChI is InChI=1S/C23H27N3O2S/c1-6-17-7-9-18(10-8-17)24-23-26(5)22(28)19(29-23)13-20(27)25-21-15(3)11-14(2)12-16(21)4/h7-12,19H,6,13H2,1-5H3,(H,25,27)/t19-/m0/s1. The minimum Gasteiger partial charge on any atom is -0.326 e. The fourth-order valence-corrected chi connectivity index (χ4v) is 4.60. The van der Waals surface area contributed by atoms with Crippen molar-refractivity contribution in [3.63, 3.8) is 0 Å². The molecule has 1 fully saturated rings. The van der Waals surface area contributed by atoms with Crippen LogP contribution >= 0.6 is 11.8 Å². The zero-order chi connectivity index (χ0) is 21.1. The summed E-state index contributed by atoms with van der Waals surface area (Å²) >= 11 is 1.35. The van der Waals surface area contributed by atoms with E-state index in [9.17, 15) is 9.59 Å². The van der Waals surface area contributed by atoms with Crippen LogP contribution in [-0.2, 0) is 16.0 Å². The summed E-state index contributed by atoms with van der Waals surface area (Å²) in [7, 11) is 1.71. The molecule has 1 heterocycles. The van der Waals surface area contributed by atoms with Crippen LogP contribution in [0.1, 0.15) is 35.6 Å². The van der Waals surface area contributed by atoms with Crippen LogP contribution in [0.4, 0.5) is 11.4 Å². The molecule has 1 aliphatic heterocycles. The van der Waals surface area contributed by atoms with Gasteiger partial charge in [0.1, 0.15) is 5.25 Å². The second-order valence-electron chi connectivity index (χ2n) is 7.44. The van der Waals surface area contributed by atoms with E-state index in [0.29, 0.717) is 5.17 Å². The average Bonchev–Trinajstić information content (AvgIpc) is 2.93. The first-order chi connectivity index (χ1) is 13.8. The number of anilines is 1. The number of aryl methyl sites for hydroxylation is 4. The number of nitrogens with one attached hydrogen (secondary N) is 1. The number of hydrogen-bond acceptors (Lipinski definition) is 4. The Hall–Kier alpha value is -2.60. The van der Waals surface area contributed by atoms with Crippen molar-refractivity contribution < 1.29 is 9.59 Å². The molecule has 0 radical (unpaired) electrons. The van der Waals surface area contributed by atoms with Gasteiger partial charge in [-0.3, -0.25) is 14.5 Å². The summed E-state index contributed by atoms with van der Waals surface area (Å²) in [6, 6.07) is 12.1. The van der Waals surface area contributed by atoms with Gasteiger partial charge in [0, 0.05) is 19.2 Å². The molecule has 6 heteroatoms. The number of carbonyl (C=O) groups is 2. The van der Waals surface area contributed by atoms with Gasteiger partial charge >= 0.3 is 0 Å². The lowest BCUT2D eigenvalue weighted by Gasteiger charge is -2.14. The van der Waals surface area contributed by atoms with Gasteiger partial charge in [0.25, 0.3) is 0 Å². The summed E-state index contributed by atoms with van der Waals surface area (Å²) in [6.07, 6.45) is 1.09. The van der Waals surface area contributed by atoms with E-state index in [1.807, 2.05) is 57.2 Å². The number of carbonyl (C=O) groups excluding carboxylic acids is 2. The topological polar surface area (TPSA) is 61.8 Å². The van der Waals surface area contributed by atoms with Crippen molar-refractivity contribution in [2.45, 2.75) is 45.8 Å². The van der Waals surface area contributed by atoms with E-state index < -0.39 is 5.25 Å². The molecule has 1 N–H and O–H groups in total. The van der Waals surface area contributed by atoms with Gasteiger partial charge in [-0.2, -0.15) is 0 Å². The van der Waals surface area contributed by atoms with Gasteiger partial charge in [-0.05, 0) is 56.0 Å². The van der Waals surface area contributed by atoms with Crippen LogP contribution in [0.5, 0.6) is 0 Å². The van der Waals surface area contributed by atoms with Gasteiger partial charge in [-0.25, -0.2) is 4.99 Å². The molecule has 0 spiro atoms. The fourth-order valence-electron chi connectivity index (χ4n) is 3.45. The molecule has 3 rings (SSSR count). The Morgan fingerprint density at radius 3 is 2.34 bits per heavy atom. The smallest absolute Gasteiger partial charge is 0.242 e. The van der Waals surface area contributed by atoms with E-state index in [1.54, 1.807) is 11.9 Å². The van der Waals surface area contributed by atoms with Crippen LogP contribution in [0.25, 0.3) is 0 Å². The van der Waals surface area contributed by atoms with Crippen molar-refractivity contribution in [1.29, 1.82) is 0 Å². The molecule has 1 saturated heterocycles. The number of amides is 2. The monoisotopic (exact) mass is 409 g/mol. The lowest BCUT2D eigenvalue weighted by molar-refractivity contribution is -0.127. The SMILES string of the molecule is CCc1ccc(N=C2S[C@@H](CC(=O)Nc3c(C)cc(C)cc3C)C(=O)N2C)cc1. The van der Waals surface area contributed by atoms with E-state index in [4.69, 9.17) is 0 Å². The molecule has 5 nitrogen and oxygen atoms in total. The first kappa shape index (κ1) is 21.1. The van der Waals surface area contributed by atoms with E-state index in [2.05, 4.69) is 17.2 Å². The minimum atomic E-state index is -0.459. The third kappa shape index (κ3) is 4.88. The Morgan fingerprint density at radius 1 is 1.14 bits per heavy atom. The lowest BCUT2D eigenvalue weighted by Crippen LogP contribution is -2.30. The molecule has 0 aromatic heterocycles. The lowest BCUT2D eigenvalue weighted by atomic mass is 10.0. The first-order valence-corrected chi connectivity index (χ1v) is 10.7. The van der Waals surface area contributed by atoms with Crippen LogP contribution in [0.3, 0.4) is 0 Å². The Balaban J connectivity index is 1.69. The summed E-state index contributed by atoms with van der Waals surface area (Å²) in [5, 5.41) is 3.15. The minimum absolute atomic E-state index is 0.0913. The van der Waals surface area contributed by atoms with E-state index >= 15 is 0 Å². The van der Waals surface area contributed by atoms with Gasteiger partial charge in [0.15, 0.2) is 5.17 Å². The number of nitrogens with zero attached hydrogens (tertiary/aromatic N) is 2. The number of hydrogen-bond donors (Lipinski definition) is 1. The summed E-state index contributed by atoms with van der Waals surface area (Å²) in [6.45, 7) is 8.10. The average molecular weight is 410 g/mol. The number of aliphatic imine (C=N–C) groups is 1. The Bertz CT molecular complexity index is 944. The van der Waals surface area contributed by atoms with Crippen LogP contribution < -0.4 is 5.32 Å². The fraction of sp³-hybridized carbons (Fsp3) is 0.348. The second-order valence-corrected chi connectivity index (χ2v) is 8.61. The van der Waals surface area contributed by atoms with Crippen LogP contribution in [0.15, 0.2) is 41.4 Å². The van der Waals surface area contributed by atoms with Crippen molar-refractivity contribution in [1.82, 2.24) is 4.90 Å². The maximum absolute atomic E-state index is 12.6. The number of benzene rings is 2. The van der Waals surface area contributed by atoms with Crippen molar-refractivity contribution >= 4 is 40.1 Å². The van der Waals surface area contributed by atoms with Gasteiger partial charge in [0.05, 0.1) is 5.69 Å². The first-order valence-electron chi connectivity index (χ1n) is 9.78. The molecule has 2 aromatic carbocycles. The van der Waals surface area contributed by atoms with Crippen LogP contribution in [-0.4, -0.2) is 34.2 Å². The van der Waals surface area contributed by atoms with Gasteiger partial charge in [-0.15, -0.1) is 0 Å². The van der Waals surface area contributed by atoms with Gasteiger partial charge in [-0.1, -0.05) is 48.5 Å². The highest BCUT2D eigenvalue weighted by Gasteiger charge is 2.37. The molecule has 0 bridgehead atoms. The molecular weight excluding hydrogens is 382 g/mol. The highest BCUT2D eigenvalue weighted by Crippen LogP contribution is 2.31. The predicted octanol–water partition coefficient (Wildman–Crippen LogP) is 4.76. The van der Waals surface area contributed by atoms with Gasteiger partial charge in [0.2, 0.25) is 11.8 Å². The normalized spacial score (nSPS) is 17.8. The Labute approximate surface area is 176 Å². The third-order valence-electron chi connectivity index (χ3n) is 5.02. The summed E-state index contributed by atoms with van der Waals surface area (Å²) in [5.41, 5.74) is 6.09. The molecule has 0 saturated carbocycles. The van der Waals surface area contributed by atoms with E-state index in [1.165, 1.54) is 17.3 Å². The Morgan fingerprint density at radius 2 is 1.76 bits per heavy atom. The molecule has 2 amide bonds. The summed E-state index contributed by atoms with van der Waals surface area (Å²) < 4.78 is 0. The molecule has 0 aliphatic carbocycles. The number of rotatable bonds is 5. The predicted molar refractivity (Wildman–Crippen MR) is 121 cm³/mol. The molecule has 2 aromatic rings. The zero-order valence-corrected chi connectivity index (χ0v) is 18.4. The third-order valence-corrected chi connectivity index (χ3v) is 6.25. The van der Waals surface area contributed by atoms with Crippen LogP contribution in [0.2, 0.25) is 0 Å². The number of amidine groups is 1. The van der Waals surface area contributed by atoms with Crippen molar-refractivity contribution in [3.05, 3.63) is 58.7 Å². The van der Waals surface area contributed by atoms with Crippen molar-refractivity contribution in [2.75, 3.05) is 12.4 Å². The zero-order valence-electron chi connectivity index (χ0n) is 17.6.